The molecule has 0 spiro atoms. The Morgan fingerprint density at radius 3 is 2.85 bits per heavy atom. The summed E-state index contributed by atoms with van der Waals surface area (Å²) in [5.74, 6) is 0. The topological polar surface area (TPSA) is 29.9 Å². The van der Waals surface area contributed by atoms with Gasteiger partial charge < -0.3 is 5.32 Å². The van der Waals surface area contributed by atoms with Gasteiger partial charge in [0.2, 0.25) is 0 Å². The molecule has 1 unspecified atom stereocenters. The van der Waals surface area contributed by atoms with Crippen LogP contribution in [0.4, 0.5) is 0 Å². The number of aryl methyl sites for hydroxylation is 2. The van der Waals surface area contributed by atoms with E-state index < -0.39 is 0 Å². The summed E-state index contributed by atoms with van der Waals surface area (Å²) < 4.78 is 1.74. The van der Waals surface area contributed by atoms with Crippen molar-refractivity contribution in [2.75, 3.05) is 6.54 Å². The van der Waals surface area contributed by atoms with Gasteiger partial charge in [-0.2, -0.15) is 5.10 Å². The lowest BCUT2D eigenvalue weighted by Gasteiger charge is -2.09. The maximum absolute atomic E-state index is 6.15. The lowest BCUT2D eigenvalue weighted by atomic mass is 10.1. The molecular formula is C9H14ClN3. The Hall–Kier alpha value is -0.540. The van der Waals surface area contributed by atoms with E-state index in [9.17, 15) is 0 Å². The highest BCUT2D eigenvalue weighted by molar-refractivity contribution is 6.30. The van der Waals surface area contributed by atoms with E-state index in [-0.39, 0.29) is 0 Å². The van der Waals surface area contributed by atoms with Crippen molar-refractivity contribution in [1.82, 2.24) is 15.1 Å². The first-order chi connectivity index (χ1) is 6.20. The fraction of sp³-hybridized carbons (Fsp3) is 0.667. The summed E-state index contributed by atoms with van der Waals surface area (Å²) in [7, 11) is 1.88. The second kappa shape index (κ2) is 3.31. The largest absolute Gasteiger partial charge is 0.310 e. The molecule has 1 aliphatic heterocycles. The van der Waals surface area contributed by atoms with E-state index in [2.05, 4.69) is 10.4 Å². The van der Waals surface area contributed by atoms with Gasteiger partial charge in [-0.3, -0.25) is 4.68 Å². The normalized spacial score (nSPS) is 22.5. The molecule has 1 aromatic rings. The zero-order valence-corrected chi connectivity index (χ0v) is 8.73. The Bertz CT molecular complexity index is 313. The van der Waals surface area contributed by atoms with Crippen molar-refractivity contribution in [3.05, 3.63) is 16.4 Å². The third kappa shape index (κ3) is 1.46. The molecule has 1 N–H and O–H groups in total. The molecule has 0 saturated carbocycles. The van der Waals surface area contributed by atoms with Gasteiger partial charge in [0.15, 0.2) is 0 Å². The van der Waals surface area contributed by atoms with Gasteiger partial charge in [-0.25, -0.2) is 0 Å². The first kappa shape index (κ1) is 9.03. The first-order valence-corrected chi connectivity index (χ1v) is 5.00. The minimum atomic E-state index is 0.418. The molecule has 3 nitrogen and oxygen atoms in total. The molecule has 0 aromatic carbocycles. The lowest BCUT2D eigenvalue weighted by Crippen LogP contribution is -2.13. The zero-order chi connectivity index (χ0) is 9.42. The van der Waals surface area contributed by atoms with Crippen LogP contribution in [0.2, 0.25) is 5.15 Å². The van der Waals surface area contributed by atoms with Crippen LogP contribution < -0.4 is 5.32 Å². The quantitative estimate of drug-likeness (QED) is 0.748. The van der Waals surface area contributed by atoms with E-state index in [4.69, 9.17) is 11.6 Å². The summed E-state index contributed by atoms with van der Waals surface area (Å²) in [5.41, 5.74) is 2.23. The fourth-order valence-electron chi connectivity index (χ4n) is 1.97. The minimum Gasteiger partial charge on any atom is -0.310 e. The minimum absolute atomic E-state index is 0.418. The molecule has 1 aliphatic rings. The summed E-state index contributed by atoms with van der Waals surface area (Å²) in [6, 6.07) is 0.418. The Kier molecular flexibility index (Phi) is 2.30. The van der Waals surface area contributed by atoms with Crippen LogP contribution in [-0.4, -0.2) is 16.3 Å². The highest BCUT2D eigenvalue weighted by atomic mass is 35.5. The molecule has 0 radical (unpaired) electrons. The molecule has 0 amide bonds. The number of aromatic nitrogens is 2. The number of nitrogens with zero attached hydrogens (tertiary/aromatic N) is 2. The fourth-order valence-corrected chi connectivity index (χ4v) is 2.28. The van der Waals surface area contributed by atoms with Gasteiger partial charge in [-0.15, -0.1) is 0 Å². The second-order valence-electron chi connectivity index (χ2n) is 3.56. The van der Waals surface area contributed by atoms with E-state index in [1.54, 1.807) is 4.68 Å². The number of nitrogens with one attached hydrogen (secondary N) is 1. The summed E-state index contributed by atoms with van der Waals surface area (Å²) >= 11 is 6.15. The monoisotopic (exact) mass is 199 g/mol. The molecule has 1 aromatic heterocycles. The lowest BCUT2D eigenvalue weighted by molar-refractivity contribution is 0.643. The van der Waals surface area contributed by atoms with Crippen LogP contribution in [-0.2, 0) is 7.05 Å². The maximum Gasteiger partial charge on any atom is 0.131 e. The van der Waals surface area contributed by atoms with E-state index >= 15 is 0 Å². The molecule has 0 aliphatic carbocycles. The number of hydrogen-bond acceptors (Lipinski definition) is 2. The average molecular weight is 200 g/mol. The third-order valence-corrected chi connectivity index (χ3v) is 3.05. The molecule has 4 heteroatoms. The average Bonchev–Trinajstić information content (AvgIpc) is 2.63. The van der Waals surface area contributed by atoms with E-state index in [0.717, 1.165) is 17.4 Å². The summed E-state index contributed by atoms with van der Waals surface area (Å²) in [6.45, 7) is 3.11. The van der Waals surface area contributed by atoms with Crippen LogP contribution >= 0.6 is 11.6 Å². The SMILES string of the molecule is Cc1nn(C)c(Cl)c1C1CCCN1. The van der Waals surface area contributed by atoms with Crippen LogP contribution in [0.1, 0.15) is 30.1 Å². The van der Waals surface area contributed by atoms with Gasteiger partial charge in [-0.1, -0.05) is 11.6 Å². The zero-order valence-electron chi connectivity index (χ0n) is 7.97. The van der Waals surface area contributed by atoms with Crippen LogP contribution in [0.15, 0.2) is 0 Å². The van der Waals surface area contributed by atoms with Crippen molar-refractivity contribution in [2.24, 2.45) is 7.05 Å². The van der Waals surface area contributed by atoms with Crippen LogP contribution in [0, 0.1) is 6.92 Å². The molecule has 1 atom stereocenters. The van der Waals surface area contributed by atoms with Crippen molar-refractivity contribution in [1.29, 1.82) is 0 Å². The predicted molar refractivity (Wildman–Crippen MR) is 52.9 cm³/mol. The van der Waals surface area contributed by atoms with Gasteiger partial charge in [0, 0.05) is 18.7 Å². The first-order valence-electron chi connectivity index (χ1n) is 4.62. The molecule has 1 fully saturated rings. The smallest absolute Gasteiger partial charge is 0.131 e. The molecular weight excluding hydrogens is 186 g/mol. The maximum atomic E-state index is 6.15. The van der Waals surface area contributed by atoms with Gasteiger partial charge in [0.1, 0.15) is 5.15 Å². The second-order valence-corrected chi connectivity index (χ2v) is 3.92. The molecule has 72 valence electrons. The summed E-state index contributed by atoms with van der Waals surface area (Å²) in [6.07, 6.45) is 2.40. The molecule has 13 heavy (non-hydrogen) atoms. The number of hydrogen-bond donors (Lipinski definition) is 1. The predicted octanol–water partition coefficient (Wildman–Crippen LogP) is 1.81. The van der Waals surface area contributed by atoms with Gasteiger partial charge in [0.05, 0.1) is 5.69 Å². The third-order valence-electron chi connectivity index (χ3n) is 2.60. The Morgan fingerprint density at radius 1 is 1.62 bits per heavy atom. The van der Waals surface area contributed by atoms with Crippen molar-refractivity contribution in [3.8, 4) is 0 Å². The summed E-state index contributed by atoms with van der Waals surface area (Å²) in [5, 5.41) is 8.50. The molecule has 1 saturated heterocycles. The van der Waals surface area contributed by atoms with E-state index in [1.165, 1.54) is 18.4 Å². The van der Waals surface area contributed by atoms with Gasteiger partial charge in [-0.05, 0) is 26.3 Å². The number of halogens is 1. The van der Waals surface area contributed by atoms with Crippen molar-refractivity contribution in [3.63, 3.8) is 0 Å². The van der Waals surface area contributed by atoms with Crippen LogP contribution in [0.25, 0.3) is 0 Å². The summed E-state index contributed by atoms with van der Waals surface area (Å²) in [4.78, 5) is 0. The molecule has 0 bridgehead atoms. The van der Waals surface area contributed by atoms with E-state index in [1.807, 2.05) is 14.0 Å². The van der Waals surface area contributed by atoms with Crippen molar-refractivity contribution >= 4 is 11.6 Å². The highest BCUT2D eigenvalue weighted by Crippen LogP contribution is 2.30. The van der Waals surface area contributed by atoms with Crippen LogP contribution in [0.5, 0.6) is 0 Å². The highest BCUT2D eigenvalue weighted by Gasteiger charge is 2.23. The number of rotatable bonds is 1. The van der Waals surface area contributed by atoms with Gasteiger partial charge in [0.25, 0.3) is 0 Å². The van der Waals surface area contributed by atoms with E-state index in [0.29, 0.717) is 6.04 Å². The molecule has 2 rings (SSSR count). The Labute approximate surface area is 83.1 Å². The van der Waals surface area contributed by atoms with Gasteiger partial charge >= 0.3 is 0 Å². The Balaban J connectivity index is 2.37. The van der Waals surface area contributed by atoms with Crippen molar-refractivity contribution in [2.45, 2.75) is 25.8 Å². The Morgan fingerprint density at radius 2 is 2.38 bits per heavy atom. The van der Waals surface area contributed by atoms with Crippen molar-refractivity contribution < 1.29 is 0 Å². The van der Waals surface area contributed by atoms with Crippen LogP contribution in [0.3, 0.4) is 0 Å². The molecule has 2 heterocycles. The standard InChI is InChI=1S/C9H14ClN3/c1-6-8(7-4-3-5-11-7)9(10)13(2)12-6/h7,11H,3-5H2,1-2H3.